The first-order chi connectivity index (χ1) is 11.7. The van der Waals surface area contributed by atoms with Crippen molar-refractivity contribution in [3.8, 4) is 17.4 Å². The molecule has 3 aromatic rings. The molecule has 0 unspecified atom stereocenters. The number of rotatable bonds is 6. The Morgan fingerprint density at radius 3 is 2.75 bits per heavy atom. The summed E-state index contributed by atoms with van der Waals surface area (Å²) in [5.74, 6) is 0.566. The Morgan fingerprint density at radius 2 is 2.04 bits per heavy atom. The summed E-state index contributed by atoms with van der Waals surface area (Å²) in [7, 11) is 3.36. The summed E-state index contributed by atoms with van der Waals surface area (Å²) in [5.41, 5.74) is 2.30. The van der Waals surface area contributed by atoms with Gasteiger partial charge in [0.05, 0.1) is 42.1 Å². The van der Waals surface area contributed by atoms with Crippen LogP contribution in [0, 0.1) is 0 Å². The van der Waals surface area contributed by atoms with Gasteiger partial charge in [-0.3, -0.25) is 0 Å². The molecule has 0 aliphatic carbocycles. The molecule has 3 rings (SSSR count). The first-order valence-corrected chi connectivity index (χ1v) is 7.45. The van der Waals surface area contributed by atoms with Crippen LogP contribution < -0.4 is 14.8 Å². The van der Waals surface area contributed by atoms with E-state index in [1.165, 1.54) is 12.4 Å². The van der Waals surface area contributed by atoms with Gasteiger partial charge in [-0.1, -0.05) is 16.8 Å². The molecule has 0 saturated carbocycles. The van der Waals surface area contributed by atoms with Crippen LogP contribution in [0.4, 0.5) is 5.69 Å². The van der Waals surface area contributed by atoms with E-state index in [0.29, 0.717) is 16.5 Å². The Hall–Kier alpha value is -2.87. The summed E-state index contributed by atoms with van der Waals surface area (Å²) < 4.78 is 12.1. The largest absolute Gasteiger partial charge is 0.494 e. The number of hydrogen-bond donors (Lipinski definition) is 1. The second kappa shape index (κ2) is 7.14. The maximum atomic E-state index is 6.08. The minimum atomic E-state index is 0.207. The van der Waals surface area contributed by atoms with Gasteiger partial charge in [-0.25, -0.2) is 4.68 Å². The van der Waals surface area contributed by atoms with E-state index in [-0.39, 0.29) is 12.6 Å². The van der Waals surface area contributed by atoms with Crippen molar-refractivity contribution in [3.05, 3.63) is 47.5 Å². The molecular weight excluding hydrogens is 332 g/mol. The highest BCUT2D eigenvalue weighted by molar-refractivity contribution is 6.33. The molecule has 0 bridgehead atoms. The molecule has 2 heterocycles. The van der Waals surface area contributed by atoms with E-state index in [4.69, 9.17) is 21.1 Å². The van der Waals surface area contributed by atoms with Gasteiger partial charge < -0.3 is 14.8 Å². The molecule has 9 heteroatoms. The number of nitrogens with one attached hydrogen (secondary N) is 1. The smallest absolute Gasteiger partial charge is 0.316 e. The standard InChI is InChI=1S/C15H15ClN6O2/c1-17-14-5-11(3-4-13(14)16)22-8-10(20-21-22)9-24-15-18-6-12(23-2)7-19-15/h3-8,17H,9H2,1-2H3. The number of aromatic nitrogens is 5. The third-order valence-corrected chi connectivity index (χ3v) is 3.54. The van der Waals surface area contributed by atoms with Crippen molar-refractivity contribution < 1.29 is 9.47 Å². The SMILES string of the molecule is CNc1cc(-n2cc(COc3ncc(OC)cn3)nn2)ccc1Cl. The van der Waals surface area contributed by atoms with Gasteiger partial charge in [0, 0.05) is 7.05 Å². The summed E-state index contributed by atoms with van der Waals surface area (Å²) in [6.07, 6.45) is 4.84. The molecule has 1 aromatic carbocycles. The molecule has 0 spiro atoms. The van der Waals surface area contributed by atoms with Crippen molar-refractivity contribution in [3.63, 3.8) is 0 Å². The first-order valence-electron chi connectivity index (χ1n) is 7.07. The van der Waals surface area contributed by atoms with Gasteiger partial charge in [0.1, 0.15) is 12.3 Å². The maximum Gasteiger partial charge on any atom is 0.316 e. The molecule has 0 saturated heterocycles. The highest BCUT2D eigenvalue weighted by atomic mass is 35.5. The van der Waals surface area contributed by atoms with Crippen LogP contribution in [-0.4, -0.2) is 39.1 Å². The molecule has 0 amide bonds. The van der Waals surface area contributed by atoms with Crippen LogP contribution in [-0.2, 0) is 6.61 Å². The van der Waals surface area contributed by atoms with Crippen LogP contribution >= 0.6 is 11.6 Å². The van der Waals surface area contributed by atoms with Crippen molar-refractivity contribution in [1.82, 2.24) is 25.0 Å². The van der Waals surface area contributed by atoms with E-state index in [9.17, 15) is 0 Å². The number of hydrogen-bond acceptors (Lipinski definition) is 7. The zero-order valence-electron chi connectivity index (χ0n) is 13.1. The van der Waals surface area contributed by atoms with E-state index < -0.39 is 0 Å². The van der Waals surface area contributed by atoms with Crippen LogP contribution in [0.25, 0.3) is 5.69 Å². The van der Waals surface area contributed by atoms with Crippen LogP contribution in [0.1, 0.15) is 5.69 Å². The monoisotopic (exact) mass is 346 g/mol. The lowest BCUT2D eigenvalue weighted by Crippen LogP contribution is -2.00. The first kappa shape index (κ1) is 16.0. The van der Waals surface area contributed by atoms with E-state index in [1.54, 1.807) is 31.1 Å². The van der Waals surface area contributed by atoms with Crippen LogP contribution in [0.5, 0.6) is 11.8 Å². The van der Waals surface area contributed by atoms with Gasteiger partial charge >= 0.3 is 6.01 Å². The van der Waals surface area contributed by atoms with Gasteiger partial charge in [-0.15, -0.1) is 5.10 Å². The van der Waals surface area contributed by atoms with Crippen molar-refractivity contribution in [1.29, 1.82) is 0 Å². The molecule has 0 aliphatic heterocycles. The lowest BCUT2D eigenvalue weighted by atomic mass is 10.3. The third-order valence-electron chi connectivity index (χ3n) is 3.21. The van der Waals surface area contributed by atoms with E-state index in [0.717, 1.165) is 11.4 Å². The van der Waals surface area contributed by atoms with Gasteiger partial charge in [0.2, 0.25) is 0 Å². The molecule has 0 radical (unpaired) electrons. The van der Waals surface area contributed by atoms with Gasteiger partial charge in [0.25, 0.3) is 0 Å². The number of halogens is 1. The second-order valence-corrected chi connectivity index (χ2v) is 5.17. The molecule has 0 aliphatic rings. The topological polar surface area (TPSA) is 87.0 Å². The van der Waals surface area contributed by atoms with Gasteiger partial charge in [-0.05, 0) is 18.2 Å². The molecule has 8 nitrogen and oxygen atoms in total. The maximum absolute atomic E-state index is 6.08. The fourth-order valence-electron chi connectivity index (χ4n) is 1.96. The lowest BCUT2D eigenvalue weighted by Gasteiger charge is -2.06. The number of benzene rings is 1. The highest BCUT2D eigenvalue weighted by Crippen LogP contribution is 2.24. The molecule has 24 heavy (non-hydrogen) atoms. The fraction of sp³-hybridized carbons (Fsp3) is 0.200. The quantitative estimate of drug-likeness (QED) is 0.733. The minimum absolute atomic E-state index is 0.207. The molecule has 2 aromatic heterocycles. The van der Waals surface area contributed by atoms with Crippen molar-refractivity contribution in [2.45, 2.75) is 6.61 Å². The van der Waals surface area contributed by atoms with E-state index in [2.05, 4.69) is 25.6 Å². The third kappa shape index (κ3) is 3.54. The number of nitrogens with zero attached hydrogens (tertiary/aromatic N) is 5. The molecule has 0 atom stereocenters. The number of ether oxygens (including phenoxy) is 2. The van der Waals surface area contributed by atoms with E-state index in [1.807, 2.05) is 12.1 Å². The van der Waals surface area contributed by atoms with Gasteiger partial charge in [-0.2, -0.15) is 9.97 Å². The minimum Gasteiger partial charge on any atom is -0.494 e. The summed E-state index contributed by atoms with van der Waals surface area (Å²) in [4.78, 5) is 8.05. The Bertz CT molecular complexity index is 821. The van der Waals surface area contributed by atoms with Crippen LogP contribution in [0.2, 0.25) is 5.02 Å². The van der Waals surface area contributed by atoms with Crippen LogP contribution in [0.15, 0.2) is 36.8 Å². The van der Waals surface area contributed by atoms with Gasteiger partial charge in [0.15, 0.2) is 5.75 Å². The summed E-state index contributed by atoms with van der Waals surface area (Å²) >= 11 is 6.08. The number of anilines is 1. The zero-order chi connectivity index (χ0) is 16.9. The molecule has 124 valence electrons. The average molecular weight is 347 g/mol. The highest BCUT2D eigenvalue weighted by Gasteiger charge is 2.07. The van der Waals surface area contributed by atoms with Crippen molar-refractivity contribution in [2.75, 3.05) is 19.5 Å². The van der Waals surface area contributed by atoms with E-state index >= 15 is 0 Å². The summed E-state index contributed by atoms with van der Waals surface area (Å²) in [6, 6.07) is 5.78. The lowest BCUT2D eigenvalue weighted by molar-refractivity contribution is 0.274. The Kier molecular flexibility index (Phi) is 4.76. The summed E-state index contributed by atoms with van der Waals surface area (Å²) in [5, 5.41) is 11.8. The summed E-state index contributed by atoms with van der Waals surface area (Å²) in [6.45, 7) is 0.207. The molecular formula is C15H15ClN6O2. The zero-order valence-corrected chi connectivity index (χ0v) is 13.9. The molecule has 1 N–H and O–H groups in total. The fourth-order valence-corrected chi connectivity index (χ4v) is 2.17. The average Bonchev–Trinajstić information content (AvgIpc) is 3.10. The van der Waals surface area contributed by atoms with Crippen molar-refractivity contribution >= 4 is 17.3 Å². The Morgan fingerprint density at radius 1 is 1.25 bits per heavy atom. The Balaban J connectivity index is 1.68. The molecule has 0 fully saturated rings. The van der Waals surface area contributed by atoms with Crippen LogP contribution in [0.3, 0.4) is 0 Å². The predicted molar refractivity (Wildman–Crippen MR) is 88.8 cm³/mol. The normalized spacial score (nSPS) is 10.5. The Labute approximate surface area is 143 Å². The second-order valence-electron chi connectivity index (χ2n) is 4.76. The van der Waals surface area contributed by atoms with Crippen molar-refractivity contribution in [2.24, 2.45) is 0 Å². The predicted octanol–water partition coefficient (Wildman–Crippen LogP) is 2.34. The number of methoxy groups -OCH3 is 1.